The van der Waals surface area contributed by atoms with Crippen molar-refractivity contribution >= 4 is 219 Å². The van der Waals surface area contributed by atoms with Crippen molar-refractivity contribution in [1.82, 2.24) is 0 Å². The van der Waals surface area contributed by atoms with Crippen molar-refractivity contribution in [1.29, 1.82) is 0 Å². The van der Waals surface area contributed by atoms with Crippen LogP contribution in [0.15, 0.2) is 0 Å². The summed E-state index contributed by atoms with van der Waals surface area (Å²) >= 11 is 0. The van der Waals surface area contributed by atoms with Crippen LogP contribution in [0.5, 0.6) is 0 Å². The molecule has 0 amide bonds. The molecule has 0 saturated heterocycles. The van der Waals surface area contributed by atoms with Gasteiger partial charge in [0.15, 0.2) is 0 Å². The van der Waals surface area contributed by atoms with Crippen molar-refractivity contribution in [2.75, 3.05) is 0 Å². The Balaban J connectivity index is -0.0000000116. The molecule has 20 N–H and O–H groups in total. The Kier molecular flexibility index (Phi) is 82.4. The fourth-order valence-corrected chi connectivity index (χ4v) is 0. The summed E-state index contributed by atoms with van der Waals surface area (Å²) in [6.45, 7) is 0. The van der Waals surface area contributed by atoms with Gasteiger partial charge in [0.2, 0.25) is 0 Å². The van der Waals surface area contributed by atoms with E-state index in [1.807, 2.05) is 0 Å². The molecule has 0 unspecified atom stereocenters. The summed E-state index contributed by atoms with van der Waals surface area (Å²) in [5.41, 5.74) is 0. The first-order valence-corrected chi connectivity index (χ1v) is 21.0. The predicted octanol–water partition coefficient (Wildman–Crippen LogP) is -7.31. The quantitative estimate of drug-likeness (QED) is 0.0791. The Bertz CT molecular complexity index is 1430. The van der Waals surface area contributed by atoms with Crippen molar-refractivity contribution in [2.45, 2.75) is 0 Å². The first-order valence-electron chi connectivity index (χ1n) is 6.98. The molecule has 0 aliphatic rings. The van der Waals surface area contributed by atoms with Gasteiger partial charge in [0.25, 0.3) is 0 Å². The monoisotopic (exact) mass is 1110 g/mol. The van der Waals surface area contributed by atoms with Crippen LogP contribution >= 0.6 is 0 Å². The predicted molar refractivity (Wildman–Crippen MR) is 182 cm³/mol. The standard InChI is InChI=1S/5Mg.10H2O4S.10H/c;;;;;10*1-5(2,3)4;;;;;;;;;;/h;;;;;10*(H2,1,2,3,4);;;;;;;;;;/q5*+2;;;;;;;;;;;10*-1. The van der Waals surface area contributed by atoms with Gasteiger partial charge in [-0.3, -0.25) is 91.1 Å². The van der Waals surface area contributed by atoms with Gasteiger partial charge in [-0.05, 0) is 0 Å². The average molecular weight is 1110 g/mol. The minimum atomic E-state index is -4.67. The summed E-state index contributed by atoms with van der Waals surface area (Å²) in [7, 11) is -46.7. The fourth-order valence-electron chi connectivity index (χ4n) is 0. The molecule has 0 aliphatic carbocycles. The van der Waals surface area contributed by atoms with E-state index in [2.05, 4.69) is 0 Å². The second-order valence-electron chi connectivity index (χ2n) is 4.48. The minimum absolute atomic E-state index is 0. The average Bonchev–Trinajstić information content (AvgIpc) is 2.34. The molecule has 55 heavy (non-hydrogen) atoms. The van der Waals surface area contributed by atoms with E-state index in [0.29, 0.717) is 0 Å². The normalized spacial score (nSPS) is 10.5. The molecule has 0 saturated carbocycles. The van der Waals surface area contributed by atoms with Crippen LogP contribution in [0.4, 0.5) is 0 Å². The number of hydrogen-bond donors (Lipinski definition) is 20. The van der Waals surface area contributed by atoms with E-state index in [-0.39, 0.29) is 130 Å². The van der Waals surface area contributed by atoms with E-state index in [1.54, 1.807) is 0 Å². The van der Waals surface area contributed by atoms with Crippen LogP contribution in [0.25, 0.3) is 0 Å². The molecule has 0 aliphatic heterocycles. The zero-order valence-electron chi connectivity index (χ0n) is 34.7. The zero-order valence-corrected chi connectivity index (χ0v) is 40.0. The number of rotatable bonds is 0. The molecule has 0 aromatic heterocycles. The molecular formula is H30Mg5O40S10. The molecule has 340 valence electrons. The molecule has 0 spiro atoms. The van der Waals surface area contributed by atoms with Crippen molar-refractivity contribution in [3.8, 4) is 0 Å². The molecule has 0 bridgehead atoms. The Morgan fingerprint density at radius 1 is 0.145 bits per heavy atom. The van der Waals surface area contributed by atoms with E-state index in [0.717, 1.165) is 0 Å². The van der Waals surface area contributed by atoms with Gasteiger partial charge in [0.05, 0.1) is 0 Å². The third kappa shape index (κ3) is 26200. The molecular weight excluding hydrogens is 1080 g/mol. The maximum absolute atomic E-state index is 8.74. The van der Waals surface area contributed by atoms with E-state index in [1.165, 1.54) is 0 Å². The van der Waals surface area contributed by atoms with Crippen LogP contribution in [0.1, 0.15) is 14.3 Å². The maximum Gasteiger partial charge on any atom is 2.00 e. The first kappa shape index (κ1) is 102. The largest absolute Gasteiger partial charge is 2.00 e. The first-order chi connectivity index (χ1) is 20.0. The summed E-state index contributed by atoms with van der Waals surface area (Å²) < 4.78 is 316. The Labute approximate surface area is 404 Å². The Hall–Kier alpha value is 2.53. The summed E-state index contributed by atoms with van der Waals surface area (Å²) in [5, 5.41) is 0. The zero-order chi connectivity index (χ0) is 45.0. The van der Waals surface area contributed by atoms with Gasteiger partial charge < -0.3 is 14.3 Å². The Morgan fingerprint density at radius 3 is 0.145 bits per heavy atom. The van der Waals surface area contributed by atoms with Crippen LogP contribution in [-0.2, 0) is 104 Å². The maximum atomic E-state index is 8.74. The van der Waals surface area contributed by atoms with Gasteiger partial charge in [-0.2, -0.15) is 84.2 Å². The van der Waals surface area contributed by atoms with Crippen molar-refractivity contribution < 1.29 is 189 Å². The van der Waals surface area contributed by atoms with Gasteiger partial charge in [-0.1, -0.05) is 0 Å². The van der Waals surface area contributed by atoms with Crippen molar-refractivity contribution in [3.63, 3.8) is 0 Å². The van der Waals surface area contributed by atoms with Gasteiger partial charge in [-0.25, -0.2) is 0 Å². The third-order valence-corrected chi connectivity index (χ3v) is 0. The third-order valence-electron chi connectivity index (χ3n) is 0. The summed E-state index contributed by atoms with van der Waals surface area (Å²) in [4.78, 5) is 0. The summed E-state index contributed by atoms with van der Waals surface area (Å²) in [6, 6.07) is 0. The second kappa shape index (κ2) is 44.6. The van der Waals surface area contributed by atoms with E-state index < -0.39 is 104 Å². The van der Waals surface area contributed by atoms with Crippen LogP contribution in [-0.4, -0.2) is 290 Å². The summed E-state index contributed by atoms with van der Waals surface area (Å²) in [5.74, 6) is 0. The van der Waals surface area contributed by atoms with Crippen LogP contribution in [0.3, 0.4) is 0 Å². The van der Waals surface area contributed by atoms with Gasteiger partial charge in [-0.15, -0.1) is 0 Å². The van der Waals surface area contributed by atoms with E-state index in [4.69, 9.17) is 175 Å². The SMILES string of the molecule is O=S(=O)(O)O.O=S(=O)(O)O.O=S(=O)(O)O.O=S(=O)(O)O.O=S(=O)(O)O.O=S(=O)(O)O.O=S(=O)(O)O.O=S(=O)(O)O.O=S(=O)(O)O.O=S(=O)(O)O.[H-].[H-].[H-].[H-].[H-].[H-].[H-].[H-].[H-].[H-].[Mg+2].[Mg+2].[Mg+2].[Mg+2].[Mg+2]. The minimum Gasteiger partial charge on any atom is -1.00 e. The smallest absolute Gasteiger partial charge is 1.00 e. The topological polar surface area (TPSA) is 746 Å². The molecule has 0 heterocycles. The van der Waals surface area contributed by atoms with E-state index in [9.17, 15) is 0 Å². The van der Waals surface area contributed by atoms with Gasteiger partial charge in [0, 0.05) is 0 Å². The molecule has 0 fully saturated rings. The molecule has 0 rings (SSSR count). The van der Waals surface area contributed by atoms with Crippen LogP contribution in [0.2, 0.25) is 0 Å². The molecule has 55 heteroatoms. The van der Waals surface area contributed by atoms with Crippen LogP contribution in [0, 0.1) is 0 Å². The summed E-state index contributed by atoms with van der Waals surface area (Å²) in [6.07, 6.45) is 0. The molecule has 0 radical (unpaired) electrons. The molecule has 0 aromatic rings. The number of hydrogen-bond acceptors (Lipinski definition) is 20. The van der Waals surface area contributed by atoms with Gasteiger partial charge in [0.1, 0.15) is 0 Å². The Morgan fingerprint density at radius 2 is 0.145 bits per heavy atom. The van der Waals surface area contributed by atoms with E-state index >= 15 is 0 Å². The van der Waals surface area contributed by atoms with Crippen molar-refractivity contribution in [2.24, 2.45) is 0 Å². The second-order valence-corrected chi connectivity index (χ2v) is 13.4. The fraction of sp³-hybridized carbons (Fsp3) is 0. The van der Waals surface area contributed by atoms with Gasteiger partial charge >= 0.3 is 219 Å². The molecule has 0 atom stereocenters. The van der Waals surface area contributed by atoms with Crippen molar-refractivity contribution in [3.05, 3.63) is 0 Å². The molecule has 40 nitrogen and oxygen atoms in total. The molecule has 0 aromatic carbocycles. The van der Waals surface area contributed by atoms with Crippen LogP contribution < -0.4 is 0 Å².